The normalized spacial score (nSPS) is 15.2. The highest BCUT2D eigenvalue weighted by Crippen LogP contribution is 2.13. The van der Waals surface area contributed by atoms with E-state index in [0.29, 0.717) is 0 Å². The van der Waals surface area contributed by atoms with Crippen molar-refractivity contribution in [2.75, 3.05) is 13.2 Å². The van der Waals surface area contributed by atoms with Crippen LogP contribution in [0.4, 0.5) is 13.2 Å². The number of halogens is 3. The van der Waals surface area contributed by atoms with Crippen molar-refractivity contribution < 1.29 is 18.3 Å². The average Bonchev–Trinajstić information content (AvgIpc) is 1.85. The van der Waals surface area contributed by atoms with Gasteiger partial charge in [0.25, 0.3) is 0 Å². The summed E-state index contributed by atoms with van der Waals surface area (Å²) < 4.78 is 35.0. The van der Waals surface area contributed by atoms with Crippen LogP contribution in [0.5, 0.6) is 0 Å². The first-order valence-corrected chi connectivity index (χ1v) is 3.78. The molecule has 2 nitrogen and oxygen atoms in total. The topological polar surface area (TPSA) is 32.3 Å². The van der Waals surface area contributed by atoms with E-state index in [4.69, 9.17) is 5.11 Å². The molecule has 0 radical (unpaired) electrons. The van der Waals surface area contributed by atoms with Crippen LogP contribution in [-0.4, -0.2) is 30.5 Å². The summed E-state index contributed by atoms with van der Waals surface area (Å²) in [6, 6.07) is -0.480. The highest BCUT2D eigenvalue weighted by Gasteiger charge is 2.28. The van der Waals surface area contributed by atoms with Gasteiger partial charge >= 0.3 is 6.18 Å². The molecule has 2 N–H and O–H groups in total. The molecule has 5 heteroatoms. The van der Waals surface area contributed by atoms with Gasteiger partial charge < -0.3 is 10.4 Å². The number of aliphatic hydroxyl groups is 1. The van der Waals surface area contributed by atoms with E-state index in [2.05, 4.69) is 5.32 Å². The molecule has 0 rings (SSSR count). The van der Waals surface area contributed by atoms with Gasteiger partial charge in [-0.2, -0.15) is 13.2 Å². The van der Waals surface area contributed by atoms with Crippen LogP contribution in [0.3, 0.4) is 0 Å². The number of alkyl halides is 3. The van der Waals surface area contributed by atoms with Gasteiger partial charge in [0.05, 0.1) is 13.2 Å². The Kier molecular flexibility index (Phi) is 4.55. The molecule has 74 valence electrons. The van der Waals surface area contributed by atoms with Gasteiger partial charge in [0.2, 0.25) is 0 Å². The van der Waals surface area contributed by atoms with Gasteiger partial charge in [-0.3, -0.25) is 0 Å². The van der Waals surface area contributed by atoms with E-state index in [1.807, 2.05) is 0 Å². The molecule has 1 atom stereocenters. The van der Waals surface area contributed by atoms with Crippen molar-refractivity contribution in [2.45, 2.75) is 26.1 Å². The second-order valence-corrected chi connectivity index (χ2v) is 3.03. The van der Waals surface area contributed by atoms with Crippen LogP contribution in [0.1, 0.15) is 13.8 Å². The van der Waals surface area contributed by atoms with Gasteiger partial charge in [-0.15, -0.1) is 0 Å². The van der Waals surface area contributed by atoms with E-state index < -0.39 is 18.8 Å². The number of nitrogens with one attached hydrogen (secondary N) is 1. The Bertz CT molecular complexity index is 124. The number of aliphatic hydroxyl groups excluding tert-OH is 1. The van der Waals surface area contributed by atoms with E-state index in [9.17, 15) is 13.2 Å². The van der Waals surface area contributed by atoms with Crippen LogP contribution in [-0.2, 0) is 0 Å². The minimum atomic E-state index is -4.21. The average molecular weight is 185 g/mol. The summed E-state index contributed by atoms with van der Waals surface area (Å²) in [5.41, 5.74) is 0. The first-order valence-electron chi connectivity index (χ1n) is 3.78. The van der Waals surface area contributed by atoms with Gasteiger partial charge in [-0.1, -0.05) is 13.8 Å². The van der Waals surface area contributed by atoms with Crippen LogP contribution in [0.25, 0.3) is 0 Å². The molecule has 0 amide bonds. The lowest BCUT2D eigenvalue weighted by molar-refractivity contribution is -0.127. The summed E-state index contributed by atoms with van der Waals surface area (Å²) in [5, 5.41) is 10.9. The molecule has 0 saturated carbocycles. The summed E-state index contributed by atoms with van der Waals surface area (Å²) in [4.78, 5) is 0. The van der Waals surface area contributed by atoms with E-state index in [1.165, 1.54) is 0 Å². The fourth-order valence-corrected chi connectivity index (χ4v) is 0.758. The molecule has 0 fully saturated rings. The zero-order valence-electron chi connectivity index (χ0n) is 7.15. The van der Waals surface area contributed by atoms with Crippen molar-refractivity contribution in [1.29, 1.82) is 0 Å². The summed E-state index contributed by atoms with van der Waals surface area (Å²) in [7, 11) is 0. The molecule has 0 saturated heterocycles. The number of hydrogen-bond acceptors (Lipinski definition) is 2. The molecule has 0 spiro atoms. The van der Waals surface area contributed by atoms with E-state index in [0.717, 1.165) is 0 Å². The van der Waals surface area contributed by atoms with E-state index >= 15 is 0 Å². The van der Waals surface area contributed by atoms with Crippen LogP contribution < -0.4 is 5.32 Å². The maximum absolute atomic E-state index is 11.7. The van der Waals surface area contributed by atoms with Crippen LogP contribution in [0.15, 0.2) is 0 Å². The fourth-order valence-electron chi connectivity index (χ4n) is 0.758. The predicted octanol–water partition coefficient (Wildman–Crippen LogP) is 1.16. The second-order valence-electron chi connectivity index (χ2n) is 3.03. The third-order valence-electron chi connectivity index (χ3n) is 1.57. The molecule has 0 bridgehead atoms. The van der Waals surface area contributed by atoms with Crippen molar-refractivity contribution in [3.63, 3.8) is 0 Å². The van der Waals surface area contributed by atoms with Gasteiger partial charge in [-0.05, 0) is 5.92 Å². The van der Waals surface area contributed by atoms with Crippen molar-refractivity contribution in [3.05, 3.63) is 0 Å². The fraction of sp³-hybridized carbons (Fsp3) is 1.00. The molecule has 0 heterocycles. The zero-order valence-corrected chi connectivity index (χ0v) is 7.15. The van der Waals surface area contributed by atoms with Gasteiger partial charge in [0.1, 0.15) is 0 Å². The smallest absolute Gasteiger partial charge is 0.395 e. The van der Waals surface area contributed by atoms with Crippen molar-refractivity contribution >= 4 is 0 Å². The molecule has 0 aliphatic rings. The summed E-state index contributed by atoms with van der Waals surface area (Å²) >= 11 is 0. The minimum Gasteiger partial charge on any atom is -0.395 e. The first kappa shape index (κ1) is 11.7. The molecule has 0 aromatic carbocycles. The molecule has 0 aromatic heterocycles. The predicted molar refractivity (Wildman–Crippen MR) is 39.8 cm³/mol. The Morgan fingerprint density at radius 3 is 2.08 bits per heavy atom. The molecule has 0 aliphatic heterocycles. The standard InChI is InChI=1S/C7H14F3NO/c1-5(2)6(3-12)11-4-7(8,9)10/h5-6,11-12H,3-4H2,1-2H3. The molecule has 0 aliphatic carbocycles. The second kappa shape index (κ2) is 4.67. The zero-order chi connectivity index (χ0) is 9.78. The largest absolute Gasteiger partial charge is 0.401 e. The number of hydrogen-bond donors (Lipinski definition) is 2. The monoisotopic (exact) mass is 185 g/mol. The first-order chi connectivity index (χ1) is 5.37. The molecule has 12 heavy (non-hydrogen) atoms. The molecule has 0 aromatic rings. The summed E-state index contributed by atoms with van der Waals surface area (Å²) in [6.45, 7) is 2.19. The Labute approximate surface area is 69.8 Å². The highest BCUT2D eigenvalue weighted by molar-refractivity contribution is 4.70. The van der Waals surface area contributed by atoms with Crippen molar-refractivity contribution in [3.8, 4) is 0 Å². The van der Waals surface area contributed by atoms with Crippen molar-refractivity contribution in [2.24, 2.45) is 5.92 Å². The third kappa shape index (κ3) is 5.37. The Morgan fingerprint density at radius 2 is 1.83 bits per heavy atom. The van der Waals surface area contributed by atoms with Gasteiger partial charge in [-0.25, -0.2) is 0 Å². The Hall–Kier alpha value is -0.290. The molecular weight excluding hydrogens is 171 g/mol. The maximum Gasteiger partial charge on any atom is 0.401 e. The lowest BCUT2D eigenvalue weighted by Gasteiger charge is -2.20. The third-order valence-corrected chi connectivity index (χ3v) is 1.57. The van der Waals surface area contributed by atoms with E-state index in [-0.39, 0.29) is 12.5 Å². The maximum atomic E-state index is 11.7. The van der Waals surface area contributed by atoms with Gasteiger partial charge in [0.15, 0.2) is 0 Å². The Balaban J connectivity index is 3.73. The Morgan fingerprint density at radius 1 is 1.33 bits per heavy atom. The molecule has 1 unspecified atom stereocenters. The summed E-state index contributed by atoms with van der Waals surface area (Å²) in [6.07, 6.45) is -4.21. The van der Waals surface area contributed by atoms with E-state index in [1.54, 1.807) is 13.8 Å². The van der Waals surface area contributed by atoms with Crippen LogP contribution in [0, 0.1) is 5.92 Å². The van der Waals surface area contributed by atoms with Crippen LogP contribution in [0.2, 0.25) is 0 Å². The highest BCUT2D eigenvalue weighted by atomic mass is 19.4. The number of rotatable bonds is 4. The van der Waals surface area contributed by atoms with Crippen LogP contribution >= 0.6 is 0 Å². The summed E-state index contributed by atoms with van der Waals surface area (Å²) in [5.74, 6) is -0.00245. The lowest BCUT2D eigenvalue weighted by Crippen LogP contribution is -2.42. The lowest BCUT2D eigenvalue weighted by atomic mass is 10.1. The quantitative estimate of drug-likeness (QED) is 0.688. The van der Waals surface area contributed by atoms with Gasteiger partial charge in [0, 0.05) is 6.04 Å². The van der Waals surface area contributed by atoms with Crippen molar-refractivity contribution in [1.82, 2.24) is 5.32 Å². The minimum absolute atomic E-state index is 0.00245. The molecular formula is C7H14F3NO. The SMILES string of the molecule is CC(C)C(CO)NCC(F)(F)F.